The van der Waals surface area contributed by atoms with E-state index in [4.69, 9.17) is 9.47 Å². The fourth-order valence-corrected chi connectivity index (χ4v) is 1.36. The van der Waals surface area contributed by atoms with Crippen molar-refractivity contribution in [1.82, 2.24) is 0 Å². The van der Waals surface area contributed by atoms with E-state index in [1.807, 2.05) is 13.8 Å². The standard InChI is InChI=1S/C8H17BO4/c1-4(2)12-3-5-6(10)7(11)8(9)13-5/h4-8,10-11H,3,9H2,1-2H3/t5-,6?,7?,8-/m1/s1. The van der Waals surface area contributed by atoms with E-state index in [2.05, 4.69) is 0 Å². The third-order valence-electron chi connectivity index (χ3n) is 2.20. The van der Waals surface area contributed by atoms with E-state index in [-0.39, 0.29) is 12.1 Å². The van der Waals surface area contributed by atoms with Crippen LogP contribution < -0.4 is 0 Å². The molecule has 1 heterocycles. The van der Waals surface area contributed by atoms with Crippen molar-refractivity contribution in [3.05, 3.63) is 0 Å². The zero-order chi connectivity index (χ0) is 10.0. The van der Waals surface area contributed by atoms with Crippen LogP contribution in [-0.2, 0) is 9.47 Å². The number of hydrogen-bond acceptors (Lipinski definition) is 4. The van der Waals surface area contributed by atoms with Gasteiger partial charge in [0.05, 0.1) is 18.7 Å². The van der Waals surface area contributed by atoms with Crippen LogP contribution in [0.2, 0.25) is 0 Å². The maximum atomic E-state index is 9.49. The van der Waals surface area contributed by atoms with Gasteiger partial charge in [-0.25, -0.2) is 0 Å². The van der Waals surface area contributed by atoms with Gasteiger partial charge in [0.15, 0.2) is 0 Å². The maximum absolute atomic E-state index is 9.49. The molecule has 0 amide bonds. The van der Waals surface area contributed by atoms with Crippen molar-refractivity contribution in [2.45, 2.75) is 44.3 Å². The summed E-state index contributed by atoms with van der Waals surface area (Å²) < 4.78 is 10.6. The first-order valence-electron chi connectivity index (χ1n) is 4.65. The van der Waals surface area contributed by atoms with E-state index in [1.54, 1.807) is 7.85 Å². The lowest BCUT2D eigenvalue weighted by Gasteiger charge is -2.16. The van der Waals surface area contributed by atoms with Crippen molar-refractivity contribution in [2.75, 3.05) is 6.61 Å². The van der Waals surface area contributed by atoms with Gasteiger partial charge in [0.1, 0.15) is 26.2 Å². The van der Waals surface area contributed by atoms with Crippen LogP contribution >= 0.6 is 0 Å². The fourth-order valence-electron chi connectivity index (χ4n) is 1.36. The molecule has 0 aromatic carbocycles. The molecule has 0 aromatic rings. The largest absolute Gasteiger partial charge is 0.388 e. The van der Waals surface area contributed by atoms with Crippen molar-refractivity contribution in [2.24, 2.45) is 0 Å². The summed E-state index contributed by atoms with van der Waals surface area (Å²) in [6.07, 6.45) is -1.90. The molecule has 1 aliphatic heterocycles. The topological polar surface area (TPSA) is 58.9 Å². The molecule has 2 N–H and O–H groups in total. The van der Waals surface area contributed by atoms with Gasteiger partial charge < -0.3 is 19.7 Å². The molecule has 4 nitrogen and oxygen atoms in total. The number of aliphatic hydroxyl groups is 2. The van der Waals surface area contributed by atoms with Crippen LogP contribution in [0.1, 0.15) is 13.8 Å². The van der Waals surface area contributed by atoms with Crippen LogP contribution in [0.15, 0.2) is 0 Å². The van der Waals surface area contributed by atoms with Gasteiger partial charge in [-0.1, -0.05) is 0 Å². The molecule has 5 heteroatoms. The molecule has 0 radical (unpaired) electrons. The van der Waals surface area contributed by atoms with Gasteiger partial charge >= 0.3 is 0 Å². The lowest BCUT2D eigenvalue weighted by Crippen LogP contribution is -2.34. The summed E-state index contributed by atoms with van der Waals surface area (Å²) in [6.45, 7) is 4.17. The van der Waals surface area contributed by atoms with Crippen LogP contribution in [0.4, 0.5) is 0 Å². The first-order chi connectivity index (χ1) is 6.02. The Kier molecular flexibility index (Phi) is 3.73. The van der Waals surface area contributed by atoms with Gasteiger partial charge in [-0.3, -0.25) is 0 Å². The predicted molar refractivity (Wildman–Crippen MR) is 50.3 cm³/mol. The molecule has 2 unspecified atom stereocenters. The Labute approximate surface area is 79.3 Å². The maximum Gasteiger partial charge on any atom is 0.142 e. The quantitative estimate of drug-likeness (QED) is 0.528. The van der Waals surface area contributed by atoms with Crippen molar-refractivity contribution in [3.63, 3.8) is 0 Å². The highest BCUT2D eigenvalue weighted by Gasteiger charge is 2.39. The highest BCUT2D eigenvalue weighted by Crippen LogP contribution is 2.19. The number of rotatable bonds is 3. The SMILES string of the molecule is B[C@@H]1O[C@H](COC(C)C)C(O)C1O. The third kappa shape index (κ3) is 2.67. The Morgan fingerprint density at radius 3 is 2.38 bits per heavy atom. The molecule has 0 bridgehead atoms. The van der Waals surface area contributed by atoms with Gasteiger partial charge in [-0.2, -0.15) is 0 Å². The number of aliphatic hydroxyl groups excluding tert-OH is 2. The Hall–Kier alpha value is -0.0951. The summed E-state index contributed by atoms with van der Waals surface area (Å²) in [5.74, 6) is 0. The minimum absolute atomic E-state index is 0.115. The Morgan fingerprint density at radius 2 is 2.00 bits per heavy atom. The first-order valence-corrected chi connectivity index (χ1v) is 4.65. The van der Waals surface area contributed by atoms with Gasteiger partial charge in [0, 0.05) is 0 Å². The van der Waals surface area contributed by atoms with E-state index in [9.17, 15) is 10.2 Å². The van der Waals surface area contributed by atoms with Crippen molar-refractivity contribution >= 4 is 7.85 Å². The monoisotopic (exact) mass is 188 g/mol. The van der Waals surface area contributed by atoms with Crippen molar-refractivity contribution < 1.29 is 19.7 Å². The molecule has 0 saturated carbocycles. The first kappa shape index (κ1) is 11.0. The third-order valence-corrected chi connectivity index (χ3v) is 2.20. The average molecular weight is 188 g/mol. The smallest absolute Gasteiger partial charge is 0.142 e. The predicted octanol–water partition coefficient (Wildman–Crippen LogP) is -1.51. The second-order valence-electron chi connectivity index (χ2n) is 3.74. The van der Waals surface area contributed by atoms with Crippen molar-refractivity contribution in [1.29, 1.82) is 0 Å². The summed E-state index contributed by atoms with van der Waals surface area (Å²) in [5, 5.41) is 18.9. The molecular formula is C8H17BO4. The fraction of sp³-hybridized carbons (Fsp3) is 1.00. The van der Waals surface area contributed by atoms with Crippen LogP contribution in [0.3, 0.4) is 0 Å². The highest BCUT2D eigenvalue weighted by atomic mass is 16.6. The zero-order valence-corrected chi connectivity index (χ0v) is 8.30. The summed E-state index contributed by atoms with van der Waals surface area (Å²) >= 11 is 0. The lowest BCUT2D eigenvalue weighted by molar-refractivity contribution is -0.0489. The Morgan fingerprint density at radius 1 is 1.38 bits per heavy atom. The van der Waals surface area contributed by atoms with E-state index in [1.165, 1.54) is 0 Å². The number of ether oxygens (including phenoxy) is 2. The summed E-state index contributed by atoms with van der Waals surface area (Å²) in [7, 11) is 1.74. The molecule has 1 fully saturated rings. The summed E-state index contributed by atoms with van der Waals surface area (Å²) in [5.41, 5.74) is 0. The molecule has 0 spiro atoms. The van der Waals surface area contributed by atoms with Gasteiger partial charge in [-0.15, -0.1) is 0 Å². The second-order valence-corrected chi connectivity index (χ2v) is 3.74. The van der Waals surface area contributed by atoms with Crippen LogP contribution in [0.5, 0.6) is 0 Å². The molecule has 13 heavy (non-hydrogen) atoms. The molecule has 76 valence electrons. The zero-order valence-electron chi connectivity index (χ0n) is 8.30. The van der Waals surface area contributed by atoms with Crippen molar-refractivity contribution in [3.8, 4) is 0 Å². The van der Waals surface area contributed by atoms with E-state index in [0.29, 0.717) is 6.61 Å². The molecule has 0 aromatic heterocycles. The molecule has 1 rings (SSSR count). The average Bonchev–Trinajstić information content (AvgIpc) is 2.29. The van der Waals surface area contributed by atoms with Crippen LogP contribution in [0, 0.1) is 0 Å². The Balaban J connectivity index is 2.35. The molecule has 1 saturated heterocycles. The lowest BCUT2D eigenvalue weighted by atomic mass is 9.93. The van der Waals surface area contributed by atoms with Gasteiger partial charge in [0.2, 0.25) is 0 Å². The normalized spacial score (nSPS) is 40.1. The minimum atomic E-state index is -0.825. The minimum Gasteiger partial charge on any atom is -0.388 e. The molecule has 1 aliphatic rings. The summed E-state index contributed by atoms with van der Waals surface area (Å²) in [6, 6.07) is -0.309. The number of hydrogen-bond donors (Lipinski definition) is 2. The molecular weight excluding hydrogens is 171 g/mol. The summed E-state index contributed by atoms with van der Waals surface area (Å²) in [4.78, 5) is 0. The van der Waals surface area contributed by atoms with Gasteiger partial charge in [-0.05, 0) is 13.8 Å². The second kappa shape index (κ2) is 4.42. The molecule has 0 aliphatic carbocycles. The van der Waals surface area contributed by atoms with Gasteiger partial charge in [0.25, 0.3) is 0 Å². The Bertz CT molecular complexity index is 164. The highest BCUT2D eigenvalue weighted by molar-refractivity contribution is 6.11. The van der Waals surface area contributed by atoms with E-state index in [0.717, 1.165) is 0 Å². The van der Waals surface area contributed by atoms with Crippen LogP contribution in [0.25, 0.3) is 0 Å². The molecule has 4 atom stereocenters. The van der Waals surface area contributed by atoms with Crippen LogP contribution in [-0.4, -0.2) is 55.1 Å². The van der Waals surface area contributed by atoms with E-state index >= 15 is 0 Å². The van der Waals surface area contributed by atoms with E-state index < -0.39 is 18.3 Å².